The molecular weight excluding hydrogens is 362 g/mol. The summed E-state index contributed by atoms with van der Waals surface area (Å²) >= 11 is 0. The molecule has 3 aromatic rings. The number of cyclic esters (lactones) is 1. The molecule has 4 rings (SSSR count). The quantitative estimate of drug-likeness (QED) is 0.448. The van der Waals surface area contributed by atoms with E-state index < -0.39 is 5.97 Å². The van der Waals surface area contributed by atoms with Gasteiger partial charge in [-0.3, -0.25) is 0 Å². The third-order valence-corrected chi connectivity index (χ3v) is 4.71. The number of aliphatic imine (C=N–C) groups is 1. The van der Waals surface area contributed by atoms with Crippen molar-refractivity contribution in [2.75, 3.05) is 0 Å². The zero-order valence-corrected chi connectivity index (χ0v) is 16.4. The lowest BCUT2D eigenvalue weighted by molar-refractivity contribution is -0.129. The predicted octanol–water partition coefficient (Wildman–Crippen LogP) is 5.23. The van der Waals surface area contributed by atoms with Crippen LogP contribution in [0.5, 0.6) is 5.75 Å². The molecule has 0 fully saturated rings. The van der Waals surface area contributed by atoms with E-state index in [2.05, 4.69) is 36.2 Å². The van der Waals surface area contributed by atoms with Crippen molar-refractivity contribution >= 4 is 17.9 Å². The highest BCUT2D eigenvalue weighted by Gasteiger charge is 2.24. The second kappa shape index (κ2) is 8.15. The highest BCUT2D eigenvalue weighted by atomic mass is 16.6. The van der Waals surface area contributed by atoms with Crippen LogP contribution < -0.4 is 4.74 Å². The highest BCUT2D eigenvalue weighted by molar-refractivity contribution is 6.13. The van der Waals surface area contributed by atoms with Crippen molar-refractivity contribution in [3.63, 3.8) is 0 Å². The van der Waals surface area contributed by atoms with Crippen molar-refractivity contribution in [2.24, 2.45) is 4.99 Å². The van der Waals surface area contributed by atoms with Crippen LogP contribution in [0.4, 0.5) is 0 Å². The standard InChI is InChI=1S/C25H21NO3/c1-17-7-9-20(10-8-17)16-28-21-13-11-19(12-14-21)15-23-25(27)29-24(26-23)22-6-4-3-5-18(22)2/h3-15H,16H2,1-2H3/b23-15+. The van der Waals surface area contributed by atoms with E-state index in [0.29, 0.717) is 12.5 Å². The van der Waals surface area contributed by atoms with Crippen molar-refractivity contribution in [3.05, 3.63) is 106 Å². The maximum Gasteiger partial charge on any atom is 0.363 e. The lowest BCUT2D eigenvalue weighted by Crippen LogP contribution is -2.06. The van der Waals surface area contributed by atoms with Crippen LogP contribution in [0, 0.1) is 13.8 Å². The molecule has 0 aliphatic carbocycles. The van der Waals surface area contributed by atoms with Gasteiger partial charge in [0.15, 0.2) is 5.70 Å². The molecule has 0 saturated carbocycles. The minimum absolute atomic E-state index is 0.288. The Labute approximate surface area is 170 Å². The van der Waals surface area contributed by atoms with E-state index in [0.717, 1.165) is 28.0 Å². The lowest BCUT2D eigenvalue weighted by Gasteiger charge is -2.07. The minimum Gasteiger partial charge on any atom is -0.489 e. The molecule has 1 heterocycles. The van der Waals surface area contributed by atoms with E-state index in [1.807, 2.05) is 55.5 Å². The Morgan fingerprint density at radius 3 is 2.38 bits per heavy atom. The molecular formula is C25H21NO3. The molecule has 0 spiro atoms. The fraction of sp³-hybridized carbons (Fsp3) is 0.120. The number of carbonyl (C=O) groups excluding carboxylic acids is 1. The number of hydrogen-bond acceptors (Lipinski definition) is 4. The van der Waals surface area contributed by atoms with Crippen molar-refractivity contribution in [1.82, 2.24) is 0 Å². The summed E-state index contributed by atoms with van der Waals surface area (Å²) in [6, 6.07) is 23.5. The van der Waals surface area contributed by atoms with Gasteiger partial charge >= 0.3 is 5.97 Å². The van der Waals surface area contributed by atoms with Gasteiger partial charge in [-0.15, -0.1) is 0 Å². The van der Waals surface area contributed by atoms with Gasteiger partial charge in [0, 0.05) is 5.56 Å². The molecule has 1 aliphatic rings. The van der Waals surface area contributed by atoms with Gasteiger partial charge in [0.2, 0.25) is 5.90 Å². The van der Waals surface area contributed by atoms with E-state index in [-0.39, 0.29) is 5.70 Å². The average molecular weight is 383 g/mol. The van der Waals surface area contributed by atoms with Crippen LogP contribution in [0.2, 0.25) is 0 Å². The van der Waals surface area contributed by atoms with Crippen LogP contribution in [0.1, 0.15) is 27.8 Å². The Balaban J connectivity index is 1.46. The first-order valence-electron chi connectivity index (χ1n) is 9.45. The number of ether oxygens (including phenoxy) is 2. The molecule has 4 heteroatoms. The van der Waals surface area contributed by atoms with Crippen LogP contribution in [-0.2, 0) is 16.1 Å². The molecule has 0 bridgehead atoms. The summed E-state index contributed by atoms with van der Waals surface area (Å²) in [7, 11) is 0. The van der Waals surface area contributed by atoms with Gasteiger partial charge in [0.05, 0.1) is 0 Å². The van der Waals surface area contributed by atoms with E-state index in [4.69, 9.17) is 9.47 Å². The smallest absolute Gasteiger partial charge is 0.363 e. The normalized spacial score (nSPS) is 14.6. The number of hydrogen-bond donors (Lipinski definition) is 0. The first-order valence-corrected chi connectivity index (χ1v) is 9.45. The van der Waals surface area contributed by atoms with Crippen LogP contribution in [0.3, 0.4) is 0 Å². The van der Waals surface area contributed by atoms with Gasteiger partial charge in [0.25, 0.3) is 0 Å². The molecule has 144 valence electrons. The minimum atomic E-state index is -0.442. The van der Waals surface area contributed by atoms with E-state index in [9.17, 15) is 4.79 Å². The van der Waals surface area contributed by atoms with Gasteiger partial charge in [-0.05, 0) is 54.8 Å². The fourth-order valence-electron chi connectivity index (χ4n) is 3.01. The fourth-order valence-corrected chi connectivity index (χ4v) is 3.01. The monoisotopic (exact) mass is 383 g/mol. The maximum atomic E-state index is 12.2. The summed E-state index contributed by atoms with van der Waals surface area (Å²) in [5.41, 5.74) is 5.32. The van der Waals surface area contributed by atoms with Gasteiger partial charge in [-0.25, -0.2) is 9.79 Å². The third kappa shape index (κ3) is 4.43. The molecule has 0 aromatic heterocycles. The summed E-state index contributed by atoms with van der Waals surface area (Å²) in [4.78, 5) is 16.6. The first-order chi connectivity index (χ1) is 14.1. The molecule has 1 aliphatic heterocycles. The number of benzene rings is 3. The zero-order valence-electron chi connectivity index (χ0n) is 16.4. The molecule has 0 atom stereocenters. The summed E-state index contributed by atoms with van der Waals surface area (Å²) in [6.45, 7) is 4.53. The molecule has 0 radical (unpaired) electrons. The topological polar surface area (TPSA) is 47.9 Å². The Kier molecular flexibility index (Phi) is 5.25. The van der Waals surface area contributed by atoms with E-state index in [1.165, 1.54) is 5.56 Å². The molecule has 0 unspecified atom stereocenters. The maximum absolute atomic E-state index is 12.2. The van der Waals surface area contributed by atoms with Crippen molar-refractivity contribution in [3.8, 4) is 5.75 Å². The lowest BCUT2D eigenvalue weighted by atomic mass is 10.1. The van der Waals surface area contributed by atoms with Crippen LogP contribution >= 0.6 is 0 Å². The van der Waals surface area contributed by atoms with Crippen molar-refractivity contribution < 1.29 is 14.3 Å². The van der Waals surface area contributed by atoms with Crippen LogP contribution in [0.25, 0.3) is 6.08 Å². The van der Waals surface area contributed by atoms with Gasteiger partial charge < -0.3 is 9.47 Å². The largest absolute Gasteiger partial charge is 0.489 e. The molecule has 29 heavy (non-hydrogen) atoms. The Bertz CT molecular complexity index is 1090. The molecule has 0 N–H and O–H groups in total. The van der Waals surface area contributed by atoms with Crippen LogP contribution in [0.15, 0.2) is 83.5 Å². The second-order valence-corrected chi connectivity index (χ2v) is 6.99. The number of carbonyl (C=O) groups is 1. The number of rotatable bonds is 5. The van der Waals surface area contributed by atoms with Gasteiger partial charge in [-0.1, -0.05) is 60.2 Å². The Morgan fingerprint density at radius 1 is 0.931 bits per heavy atom. The van der Waals surface area contributed by atoms with Gasteiger partial charge in [-0.2, -0.15) is 0 Å². The zero-order chi connectivity index (χ0) is 20.2. The molecule has 4 nitrogen and oxygen atoms in total. The Hall–Kier alpha value is -3.66. The first kappa shape index (κ1) is 18.7. The van der Waals surface area contributed by atoms with E-state index in [1.54, 1.807) is 6.08 Å². The van der Waals surface area contributed by atoms with E-state index >= 15 is 0 Å². The molecule has 3 aromatic carbocycles. The summed E-state index contributed by atoms with van der Waals surface area (Å²) < 4.78 is 11.2. The molecule has 0 amide bonds. The predicted molar refractivity (Wildman–Crippen MR) is 114 cm³/mol. The number of aryl methyl sites for hydroxylation is 2. The average Bonchev–Trinajstić information content (AvgIpc) is 3.09. The van der Waals surface area contributed by atoms with Crippen molar-refractivity contribution in [2.45, 2.75) is 20.5 Å². The number of nitrogens with zero attached hydrogens (tertiary/aromatic N) is 1. The second-order valence-electron chi connectivity index (χ2n) is 6.99. The molecule has 0 saturated heterocycles. The summed E-state index contributed by atoms with van der Waals surface area (Å²) in [6.07, 6.45) is 1.72. The number of esters is 1. The summed E-state index contributed by atoms with van der Waals surface area (Å²) in [5.74, 6) is 0.672. The van der Waals surface area contributed by atoms with Crippen molar-refractivity contribution in [1.29, 1.82) is 0 Å². The van der Waals surface area contributed by atoms with Gasteiger partial charge in [0.1, 0.15) is 12.4 Å². The summed E-state index contributed by atoms with van der Waals surface area (Å²) in [5, 5.41) is 0. The third-order valence-electron chi connectivity index (χ3n) is 4.71. The Morgan fingerprint density at radius 2 is 1.66 bits per heavy atom. The SMILES string of the molecule is Cc1ccc(COc2ccc(/C=C3/N=C(c4ccccc4C)OC3=O)cc2)cc1. The highest BCUT2D eigenvalue weighted by Crippen LogP contribution is 2.22. The van der Waals surface area contributed by atoms with Crippen LogP contribution in [-0.4, -0.2) is 11.9 Å².